The van der Waals surface area contributed by atoms with Gasteiger partial charge < -0.3 is 10.2 Å². The molecule has 2 heterocycles. The van der Waals surface area contributed by atoms with Gasteiger partial charge in [0.25, 0.3) is 0 Å². The molecule has 5 nitrogen and oxygen atoms in total. The third kappa shape index (κ3) is 5.69. The van der Waals surface area contributed by atoms with Crippen molar-refractivity contribution in [3.05, 3.63) is 28.1 Å². The first kappa shape index (κ1) is 23.9. The summed E-state index contributed by atoms with van der Waals surface area (Å²) < 4.78 is 29.1. The Morgan fingerprint density at radius 3 is 2.65 bits per heavy atom. The second-order valence-corrected chi connectivity index (χ2v) is 9.37. The molecule has 2 aromatic rings. The minimum absolute atomic E-state index is 0. The zero-order valence-corrected chi connectivity index (χ0v) is 18.5. The lowest BCUT2D eigenvalue weighted by Crippen LogP contribution is -2.44. The highest BCUT2D eigenvalue weighted by Gasteiger charge is 2.22. The van der Waals surface area contributed by atoms with Crippen LogP contribution in [0.4, 0.5) is 0 Å². The van der Waals surface area contributed by atoms with Gasteiger partial charge in [-0.25, -0.2) is 13.1 Å². The molecule has 26 heavy (non-hydrogen) atoms. The van der Waals surface area contributed by atoms with Gasteiger partial charge in [0, 0.05) is 52.7 Å². The number of aryl methyl sites for hydroxylation is 1. The number of halogens is 3. The first-order chi connectivity index (χ1) is 11.5. The number of fused-ring (bicyclic) bond motifs is 1. The summed E-state index contributed by atoms with van der Waals surface area (Å²) >= 11 is 7.52. The molecule has 10 heteroatoms. The van der Waals surface area contributed by atoms with Gasteiger partial charge in [0.1, 0.15) is 4.90 Å². The van der Waals surface area contributed by atoms with Gasteiger partial charge in [0.15, 0.2) is 0 Å². The molecule has 0 amide bonds. The van der Waals surface area contributed by atoms with Crippen LogP contribution >= 0.6 is 47.8 Å². The van der Waals surface area contributed by atoms with Gasteiger partial charge in [-0.1, -0.05) is 11.6 Å². The first-order valence-electron chi connectivity index (χ1n) is 8.09. The van der Waals surface area contributed by atoms with Crippen LogP contribution in [-0.4, -0.2) is 52.6 Å². The van der Waals surface area contributed by atoms with Gasteiger partial charge in [-0.3, -0.25) is 0 Å². The molecule has 0 spiro atoms. The average molecular weight is 461 g/mol. The second kappa shape index (κ2) is 10.4. The van der Waals surface area contributed by atoms with Crippen molar-refractivity contribution >= 4 is 67.9 Å². The summed E-state index contributed by atoms with van der Waals surface area (Å²) in [5.41, 5.74) is 0. The van der Waals surface area contributed by atoms with Crippen molar-refractivity contribution in [1.29, 1.82) is 0 Å². The highest BCUT2D eigenvalue weighted by Crippen LogP contribution is 2.35. The minimum Gasteiger partial charge on any atom is -0.314 e. The topological polar surface area (TPSA) is 61.4 Å². The summed E-state index contributed by atoms with van der Waals surface area (Å²) in [6.07, 6.45) is 0.807. The lowest BCUT2D eigenvalue weighted by atomic mass is 10.2. The van der Waals surface area contributed by atoms with Crippen LogP contribution in [0.5, 0.6) is 0 Å². The molecule has 1 aromatic heterocycles. The maximum absolute atomic E-state index is 12.7. The van der Waals surface area contributed by atoms with E-state index >= 15 is 0 Å². The van der Waals surface area contributed by atoms with Crippen LogP contribution in [0, 0.1) is 6.92 Å². The number of nitrogens with one attached hydrogen (secondary N) is 2. The van der Waals surface area contributed by atoms with E-state index in [2.05, 4.69) is 14.9 Å². The molecule has 1 aromatic carbocycles. The van der Waals surface area contributed by atoms with E-state index in [9.17, 15) is 8.42 Å². The number of sulfonamides is 1. The van der Waals surface area contributed by atoms with Crippen LogP contribution in [0.3, 0.4) is 0 Å². The smallest absolute Gasteiger partial charge is 0.242 e. The summed E-state index contributed by atoms with van der Waals surface area (Å²) in [7, 11) is -3.52. The third-order valence-electron chi connectivity index (χ3n) is 4.19. The van der Waals surface area contributed by atoms with Crippen LogP contribution in [0.1, 0.15) is 11.3 Å². The van der Waals surface area contributed by atoms with E-state index in [1.165, 1.54) is 11.3 Å². The van der Waals surface area contributed by atoms with E-state index in [1.54, 1.807) is 12.1 Å². The fourth-order valence-corrected chi connectivity index (χ4v) is 6.04. The number of thiophene rings is 1. The molecule has 2 N–H and O–H groups in total. The zero-order chi connectivity index (χ0) is 17.2. The Balaban J connectivity index is 0.00000169. The number of rotatable bonds is 6. The highest BCUT2D eigenvalue weighted by atomic mass is 35.5. The molecule has 1 aliphatic rings. The summed E-state index contributed by atoms with van der Waals surface area (Å²) in [6, 6.07) is 5.39. The van der Waals surface area contributed by atoms with Gasteiger partial charge in [-0.05, 0) is 38.1 Å². The number of hydrogen-bond donors (Lipinski definition) is 2. The SMILES string of the molecule is Cc1sc2ccc(Cl)cc2c1S(=O)(=O)NCCCN1CCNCC1.Cl.Cl. The third-order valence-corrected chi connectivity index (χ3v) is 7.29. The van der Waals surface area contributed by atoms with E-state index in [0.717, 1.165) is 48.7 Å². The molecule has 0 unspecified atom stereocenters. The van der Waals surface area contributed by atoms with Crippen LogP contribution < -0.4 is 10.0 Å². The fraction of sp³-hybridized carbons (Fsp3) is 0.500. The molecular formula is C16H24Cl3N3O2S2. The predicted octanol–water partition coefficient (Wildman–Crippen LogP) is 3.28. The minimum atomic E-state index is -3.52. The van der Waals surface area contributed by atoms with Crippen LogP contribution in [-0.2, 0) is 10.0 Å². The Bertz CT molecular complexity index is 821. The van der Waals surface area contributed by atoms with Crippen LogP contribution in [0.15, 0.2) is 23.1 Å². The molecule has 1 aliphatic heterocycles. The Labute approximate surface area is 176 Å². The van der Waals surface area contributed by atoms with E-state index in [-0.39, 0.29) is 24.8 Å². The van der Waals surface area contributed by atoms with Crippen molar-refractivity contribution in [3.63, 3.8) is 0 Å². The van der Waals surface area contributed by atoms with Gasteiger partial charge in [-0.2, -0.15) is 0 Å². The summed E-state index contributed by atoms with van der Waals surface area (Å²) in [5.74, 6) is 0. The van der Waals surface area contributed by atoms with Gasteiger partial charge in [-0.15, -0.1) is 36.2 Å². The molecule has 0 bridgehead atoms. The number of piperazine rings is 1. The molecular weight excluding hydrogens is 437 g/mol. The van der Waals surface area contributed by atoms with Crippen molar-refractivity contribution in [2.45, 2.75) is 18.2 Å². The molecule has 0 atom stereocenters. The second-order valence-electron chi connectivity index (χ2n) is 5.97. The van der Waals surface area contributed by atoms with Crippen molar-refractivity contribution < 1.29 is 8.42 Å². The highest BCUT2D eigenvalue weighted by molar-refractivity contribution is 7.90. The standard InChI is InChI=1S/C16H22ClN3O2S2.2ClH/c1-12-16(14-11-13(17)3-4-15(14)23-12)24(21,22)19-5-2-8-20-9-6-18-7-10-20;;/h3-4,11,18-19H,2,5-10H2,1H3;2*1H. The maximum atomic E-state index is 12.7. The van der Waals surface area contributed by atoms with Crippen LogP contribution in [0.25, 0.3) is 10.1 Å². The Hall–Kier alpha value is -0.120. The molecule has 0 aliphatic carbocycles. The molecule has 3 rings (SSSR count). The Morgan fingerprint density at radius 2 is 1.96 bits per heavy atom. The molecule has 1 saturated heterocycles. The zero-order valence-electron chi connectivity index (χ0n) is 14.5. The van der Waals surface area contributed by atoms with Crippen molar-refractivity contribution in [2.75, 3.05) is 39.3 Å². The normalized spacial score (nSPS) is 15.5. The molecule has 1 fully saturated rings. The number of nitrogens with zero attached hydrogens (tertiary/aromatic N) is 1. The summed E-state index contributed by atoms with van der Waals surface area (Å²) in [6.45, 7) is 7.27. The number of benzene rings is 1. The average Bonchev–Trinajstić information content (AvgIpc) is 2.88. The lowest BCUT2D eigenvalue weighted by Gasteiger charge is -2.27. The lowest BCUT2D eigenvalue weighted by molar-refractivity contribution is 0.239. The molecule has 0 saturated carbocycles. The van der Waals surface area contributed by atoms with Gasteiger partial charge in [0.2, 0.25) is 10.0 Å². The summed E-state index contributed by atoms with van der Waals surface area (Å²) in [4.78, 5) is 3.52. The summed E-state index contributed by atoms with van der Waals surface area (Å²) in [5, 5.41) is 4.57. The van der Waals surface area contributed by atoms with Crippen molar-refractivity contribution in [2.24, 2.45) is 0 Å². The van der Waals surface area contributed by atoms with Crippen molar-refractivity contribution in [1.82, 2.24) is 14.9 Å². The molecule has 0 radical (unpaired) electrons. The van der Waals surface area contributed by atoms with Gasteiger partial charge >= 0.3 is 0 Å². The number of hydrogen-bond acceptors (Lipinski definition) is 5. The molecule has 148 valence electrons. The van der Waals surface area contributed by atoms with E-state index in [0.29, 0.717) is 21.8 Å². The Morgan fingerprint density at radius 1 is 1.27 bits per heavy atom. The largest absolute Gasteiger partial charge is 0.314 e. The van der Waals surface area contributed by atoms with E-state index < -0.39 is 10.0 Å². The Kier molecular flexibility index (Phi) is 9.60. The van der Waals surface area contributed by atoms with E-state index in [4.69, 9.17) is 11.6 Å². The van der Waals surface area contributed by atoms with Crippen LogP contribution in [0.2, 0.25) is 5.02 Å². The van der Waals surface area contributed by atoms with Gasteiger partial charge in [0.05, 0.1) is 0 Å². The monoisotopic (exact) mass is 459 g/mol. The maximum Gasteiger partial charge on any atom is 0.242 e. The first-order valence-corrected chi connectivity index (χ1v) is 10.8. The van der Waals surface area contributed by atoms with E-state index in [1.807, 2.05) is 13.0 Å². The van der Waals surface area contributed by atoms with Crippen molar-refractivity contribution in [3.8, 4) is 0 Å². The fourth-order valence-electron chi connectivity index (χ4n) is 3.02. The quantitative estimate of drug-likeness (QED) is 0.649. The predicted molar refractivity (Wildman–Crippen MR) is 115 cm³/mol.